The van der Waals surface area contributed by atoms with Gasteiger partial charge < -0.3 is 9.47 Å². The third-order valence-corrected chi connectivity index (χ3v) is 6.51. The van der Waals surface area contributed by atoms with Gasteiger partial charge in [-0.2, -0.15) is 0 Å². The summed E-state index contributed by atoms with van der Waals surface area (Å²) in [6, 6.07) is 8.00. The van der Waals surface area contributed by atoms with Crippen molar-refractivity contribution in [2.24, 2.45) is 0 Å². The lowest BCUT2D eigenvalue weighted by Crippen LogP contribution is -2.26. The minimum atomic E-state index is -3.30. The fourth-order valence-electron chi connectivity index (χ4n) is 2.91. The van der Waals surface area contributed by atoms with Crippen LogP contribution >= 0.6 is 11.3 Å². The fraction of sp³-hybridized carbons (Fsp3) is 0.316. The molecule has 0 atom stereocenters. The summed E-state index contributed by atoms with van der Waals surface area (Å²) >= 11 is 1.21. The normalized spacial score (nSPS) is 15.3. The number of thiazole rings is 1. The molecule has 1 aliphatic rings. The smallest absolute Gasteiger partial charge is 0.259 e. The molecule has 8 nitrogen and oxygen atoms in total. The van der Waals surface area contributed by atoms with Gasteiger partial charge in [-0.15, -0.1) is 0 Å². The number of amides is 1. The van der Waals surface area contributed by atoms with E-state index in [4.69, 9.17) is 9.47 Å². The Kier molecular flexibility index (Phi) is 5.48. The van der Waals surface area contributed by atoms with E-state index in [1.165, 1.54) is 23.6 Å². The molecule has 2 aromatic heterocycles. The van der Waals surface area contributed by atoms with Crippen LogP contribution in [0.4, 0.5) is 5.13 Å². The molecule has 10 heteroatoms. The van der Waals surface area contributed by atoms with Crippen LogP contribution in [0.1, 0.15) is 23.2 Å². The average molecular weight is 434 g/mol. The van der Waals surface area contributed by atoms with Gasteiger partial charge in [0, 0.05) is 31.4 Å². The maximum atomic E-state index is 12.5. The summed E-state index contributed by atoms with van der Waals surface area (Å²) in [4.78, 5) is 21.2. The Balaban J connectivity index is 1.44. The van der Waals surface area contributed by atoms with E-state index in [1.807, 2.05) is 0 Å². The Bertz CT molecular complexity index is 1140. The SMILES string of the molecule is CS(=O)(=O)c1ccc2nc(NC(=O)c3ccc(OC4CCOCC4)nc3)sc2c1. The van der Waals surface area contributed by atoms with Gasteiger partial charge in [-0.3, -0.25) is 10.1 Å². The van der Waals surface area contributed by atoms with Crippen molar-refractivity contribution >= 4 is 42.4 Å². The standard InChI is InChI=1S/C19H19N3O5S2/c1-29(24,25)14-3-4-15-16(10-14)28-19(21-15)22-18(23)12-2-5-17(20-11-12)27-13-6-8-26-9-7-13/h2-5,10-11,13H,6-9H2,1H3,(H,21,22,23). The molecule has 1 saturated heterocycles. The summed E-state index contributed by atoms with van der Waals surface area (Å²) in [6.07, 6.45) is 4.33. The topological polar surface area (TPSA) is 107 Å². The van der Waals surface area contributed by atoms with Crippen LogP contribution in [0.25, 0.3) is 10.2 Å². The van der Waals surface area contributed by atoms with E-state index < -0.39 is 9.84 Å². The molecule has 4 rings (SSSR count). The molecule has 1 fully saturated rings. The molecular formula is C19H19N3O5S2. The van der Waals surface area contributed by atoms with Gasteiger partial charge in [-0.05, 0) is 24.3 Å². The molecule has 0 saturated carbocycles. The summed E-state index contributed by atoms with van der Waals surface area (Å²) < 4.78 is 35.2. The molecule has 1 amide bonds. The number of hydrogen-bond donors (Lipinski definition) is 1. The quantitative estimate of drug-likeness (QED) is 0.659. The van der Waals surface area contributed by atoms with Crippen molar-refractivity contribution in [2.45, 2.75) is 23.8 Å². The number of aromatic nitrogens is 2. The molecule has 1 N–H and O–H groups in total. The lowest BCUT2D eigenvalue weighted by molar-refractivity contribution is 0.0237. The predicted octanol–water partition coefficient (Wildman–Crippen LogP) is 2.90. The highest BCUT2D eigenvalue weighted by Gasteiger charge is 2.17. The van der Waals surface area contributed by atoms with E-state index in [-0.39, 0.29) is 16.9 Å². The van der Waals surface area contributed by atoms with Gasteiger partial charge >= 0.3 is 0 Å². The van der Waals surface area contributed by atoms with E-state index in [1.54, 1.807) is 24.3 Å². The molecule has 0 bridgehead atoms. The van der Waals surface area contributed by atoms with Crippen molar-refractivity contribution in [3.8, 4) is 5.88 Å². The summed E-state index contributed by atoms with van der Waals surface area (Å²) in [5.74, 6) is 0.124. The van der Waals surface area contributed by atoms with Crippen molar-refractivity contribution < 1.29 is 22.7 Å². The Morgan fingerprint density at radius 3 is 2.72 bits per heavy atom. The van der Waals surface area contributed by atoms with Crippen molar-refractivity contribution in [3.05, 3.63) is 42.1 Å². The highest BCUT2D eigenvalue weighted by Crippen LogP contribution is 2.28. The Hall–Kier alpha value is -2.56. The number of anilines is 1. The highest BCUT2D eigenvalue weighted by atomic mass is 32.2. The molecule has 0 radical (unpaired) electrons. The fourth-order valence-corrected chi connectivity index (χ4v) is 4.53. The van der Waals surface area contributed by atoms with Crippen LogP contribution in [-0.4, -0.2) is 49.9 Å². The number of sulfone groups is 1. The highest BCUT2D eigenvalue weighted by molar-refractivity contribution is 7.90. The first-order chi connectivity index (χ1) is 13.9. The van der Waals surface area contributed by atoms with E-state index in [2.05, 4.69) is 15.3 Å². The molecule has 0 unspecified atom stereocenters. The first-order valence-electron chi connectivity index (χ1n) is 9.01. The second-order valence-corrected chi connectivity index (χ2v) is 9.74. The zero-order valence-electron chi connectivity index (χ0n) is 15.6. The Morgan fingerprint density at radius 1 is 1.24 bits per heavy atom. The van der Waals surface area contributed by atoms with E-state index in [0.717, 1.165) is 19.1 Å². The average Bonchev–Trinajstić information content (AvgIpc) is 3.10. The van der Waals surface area contributed by atoms with Gasteiger partial charge in [0.25, 0.3) is 5.91 Å². The molecule has 3 aromatic rings. The lowest BCUT2D eigenvalue weighted by Gasteiger charge is -2.22. The van der Waals surface area contributed by atoms with Crippen LogP contribution in [0.3, 0.4) is 0 Å². The molecule has 152 valence electrons. The molecule has 0 spiro atoms. The van der Waals surface area contributed by atoms with Crippen LogP contribution in [0.2, 0.25) is 0 Å². The second-order valence-electron chi connectivity index (χ2n) is 6.69. The van der Waals surface area contributed by atoms with Crippen LogP contribution in [0.15, 0.2) is 41.4 Å². The lowest BCUT2D eigenvalue weighted by atomic mass is 10.1. The number of ether oxygens (including phenoxy) is 2. The summed E-state index contributed by atoms with van der Waals surface area (Å²) in [7, 11) is -3.30. The van der Waals surface area contributed by atoms with E-state index in [0.29, 0.717) is 40.0 Å². The number of rotatable bonds is 5. The van der Waals surface area contributed by atoms with Crippen molar-refractivity contribution in [3.63, 3.8) is 0 Å². The molecule has 3 heterocycles. The largest absolute Gasteiger partial charge is 0.474 e. The molecule has 29 heavy (non-hydrogen) atoms. The number of pyridine rings is 1. The first kappa shape index (κ1) is 19.7. The third kappa shape index (κ3) is 4.72. The van der Waals surface area contributed by atoms with Crippen LogP contribution in [-0.2, 0) is 14.6 Å². The van der Waals surface area contributed by atoms with E-state index in [9.17, 15) is 13.2 Å². The van der Waals surface area contributed by atoms with Gasteiger partial charge in [-0.1, -0.05) is 11.3 Å². The minimum Gasteiger partial charge on any atom is -0.474 e. The number of carbonyl (C=O) groups excluding carboxylic acids is 1. The van der Waals surface area contributed by atoms with Crippen molar-refractivity contribution in [1.82, 2.24) is 9.97 Å². The molecule has 1 aliphatic heterocycles. The Morgan fingerprint density at radius 2 is 2.03 bits per heavy atom. The maximum absolute atomic E-state index is 12.5. The van der Waals surface area contributed by atoms with Gasteiger partial charge in [0.2, 0.25) is 5.88 Å². The van der Waals surface area contributed by atoms with E-state index >= 15 is 0 Å². The zero-order valence-corrected chi connectivity index (χ0v) is 17.3. The molecular weight excluding hydrogens is 414 g/mol. The van der Waals surface area contributed by atoms with Gasteiger partial charge in [0.15, 0.2) is 15.0 Å². The first-order valence-corrected chi connectivity index (χ1v) is 11.7. The predicted molar refractivity (Wildman–Crippen MR) is 109 cm³/mol. The van der Waals surface area contributed by atoms with Gasteiger partial charge in [0.1, 0.15) is 6.10 Å². The Labute approximate surface area is 171 Å². The van der Waals surface area contributed by atoms with Gasteiger partial charge in [0.05, 0.1) is 33.9 Å². The van der Waals surface area contributed by atoms with Crippen LogP contribution in [0, 0.1) is 0 Å². The second kappa shape index (κ2) is 8.05. The number of fused-ring (bicyclic) bond motifs is 1. The number of nitrogens with one attached hydrogen (secondary N) is 1. The summed E-state index contributed by atoms with van der Waals surface area (Å²) in [5, 5.41) is 3.12. The van der Waals surface area contributed by atoms with Crippen molar-refractivity contribution in [1.29, 1.82) is 0 Å². The zero-order chi connectivity index (χ0) is 20.4. The van der Waals surface area contributed by atoms with Gasteiger partial charge in [-0.25, -0.2) is 18.4 Å². The number of carbonyl (C=O) groups is 1. The monoisotopic (exact) mass is 433 g/mol. The minimum absolute atomic E-state index is 0.0792. The maximum Gasteiger partial charge on any atom is 0.259 e. The molecule has 1 aromatic carbocycles. The van der Waals surface area contributed by atoms with Crippen LogP contribution < -0.4 is 10.1 Å². The summed E-state index contributed by atoms with van der Waals surface area (Å²) in [6.45, 7) is 1.36. The molecule has 0 aliphatic carbocycles. The third-order valence-electron chi connectivity index (χ3n) is 4.46. The van der Waals surface area contributed by atoms with Crippen LogP contribution in [0.5, 0.6) is 5.88 Å². The summed E-state index contributed by atoms with van der Waals surface area (Å²) in [5.41, 5.74) is 0.997. The number of benzene rings is 1. The van der Waals surface area contributed by atoms with Crippen molar-refractivity contribution in [2.75, 3.05) is 24.8 Å². The number of hydrogen-bond acceptors (Lipinski definition) is 8. The number of nitrogens with zero attached hydrogens (tertiary/aromatic N) is 2.